The summed E-state index contributed by atoms with van der Waals surface area (Å²) in [7, 11) is 1.73. The zero-order valence-corrected chi connectivity index (χ0v) is 7.11. The van der Waals surface area contributed by atoms with Gasteiger partial charge in [0, 0.05) is 19.2 Å². The maximum absolute atomic E-state index is 11.7. The average Bonchev–Trinajstić information content (AvgIpc) is 2.03. The summed E-state index contributed by atoms with van der Waals surface area (Å²) >= 11 is 0. The number of hydrogen-bond donors (Lipinski definition) is 1. The van der Waals surface area contributed by atoms with E-state index in [0.29, 0.717) is 6.42 Å². The Morgan fingerprint density at radius 1 is 1.31 bits per heavy atom. The van der Waals surface area contributed by atoms with Crippen molar-refractivity contribution < 1.29 is 17.9 Å². The van der Waals surface area contributed by atoms with Crippen LogP contribution in [0.5, 0.6) is 0 Å². The van der Waals surface area contributed by atoms with Gasteiger partial charge in [-0.3, -0.25) is 0 Å². The third-order valence-electron chi connectivity index (χ3n) is 1.68. The molecular weight excluding hydrogens is 183 g/mol. The first kappa shape index (κ1) is 9.95. The molecule has 0 unspecified atom stereocenters. The lowest BCUT2D eigenvalue weighted by Gasteiger charge is -2.16. The van der Waals surface area contributed by atoms with Gasteiger partial charge in [-0.1, -0.05) is 0 Å². The van der Waals surface area contributed by atoms with Crippen molar-refractivity contribution >= 4 is 0 Å². The zero-order chi connectivity index (χ0) is 9.90. The van der Waals surface area contributed by atoms with E-state index in [0.717, 1.165) is 5.70 Å². The second-order valence-corrected chi connectivity index (χ2v) is 2.62. The molecule has 13 heavy (non-hydrogen) atoms. The molecule has 0 saturated heterocycles. The molecule has 0 bridgehead atoms. The van der Waals surface area contributed by atoms with Gasteiger partial charge >= 0.3 is 6.36 Å². The topological polar surface area (TPSA) is 21.3 Å². The molecule has 0 amide bonds. The van der Waals surface area contributed by atoms with Crippen LogP contribution in [0, 0.1) is 0 Å². The maximum atomic E-state index is 11.7. The third kappa shape index (κ3) is 3.40. The molecule has 0 aromatic rings. The SMILES string of the molecule is CNC1=CC=C(OC(F)(F)F)CC1. The Morgan fingerprint density at radius 3 is 2.38 bits per heavy atom. The summed E-state index contributed by atoms with van der Waals surface area (Å²) in [5.41, 5.74) is 0.912. The van der Waals surface area contributed by atoms with Gasteiger partial charge in [0.25, 0.3) is 0 Å². The fraction of sp³-hybridized carbons (Fsp3) is 0.500. The van der Waals surface area contributed by atoms with Gasteiger partial charge in [0.15, 0.2) is 0 Å². The van der Waals surface area contributed by atoms with Gasteiger partial charge in [-0.05, 0) is 18.6 Å². The zero-order valence-electron chi connectivity index (χ0n) is 7.11. The standard InChI is InChI=1S/C8H10F3NO/c1-12-6-2-4-7(5-3-6)13-8(9,10)11/h2,4,12H,3,5H2,1H3. The summed E-state index contributed by atoms with van der Waals surface area (Å²) < 4.78 is 38.9. The number of rotatable bonds is 2. The molecular formula is C8H10F3NO. The van der Waals surface area contributed by atoms with E-state index >= 15 is 0 Å². The van der Waals surface area contributed by atoms with Crippen LogP contribution in [0.15, 0.2) is 23.6 Å². The van der Waals surface area contributed by atoms with Crippen molar-refractivity contribution in [3.05, 3.63) is 23.6 Å². The normalized spacial score (nSPS) is 17.5. The molecule has 74 valence electrons. The molecule has 0 heterocycles. The number of nitrogens with one attached hydrogen (secondary N) is 1. The predicted molar refractivity (Wildman–Crippen MR) is 41.6 cm³/mol. The van der Waals surface area contributed by atoms with Crippen LogP contribution in [-0.4, -0.2) is 13.4 Å². The molecule has 0 aromatic carbocycles. The lowest BCUT2D eigenvalue weighted by molar-refractivity contribution is -0.306. The van der Waals surface area contributed by atoms with Gasteiger partial charge in [-0.2, -0.15) is 0 Å². The summed E-state index contributed by atoms with van der Waals surface area (Å²) in [6.07, 6.45) is -0.811. The van der Waals surface area contributed by atoms with Crippen LogP contribution in [0.2, 0.25) is 0 Å². The minimum atomic E-state index is -4.57. The Hall–Kier alpha value is -1.13. The first-order chi connectivity index (χ1) is 6.01. The summed E-state index contributed by atoms with van der Waals surface area (Å²) in [5.74, 6) is -0.0356. The molecule has 1 rings (SSSR count). The summed E-state index contributed by atoms with van der Waals surface area (Å²) in [5, 5.41) is 2.87. The first-order valence-electron chi connectivity index (χ1n) is 3.84. The molecule has 0 atom stereocenters. The fourth-order valence-electron chi connectivity index (χ4n) is 1.06. The average molecular weight is 193 g/mol. The third-order valence-corrected chi connectivity index (χ3v) is 1.68. The van der Waals surface area contributed by atoms with Crippen LogP contribution in [0.25, 0.3) is 0 Å². The number of allylic oxidation sites excluding steroid dienone is 4. The van der Waals surface area contributed by atoms with Gasteiger partial charge in [0.05, 0.1) is 0 Å². The minimum Gasteiger partial charge on any atom is -0.410 e. The van der Waals surface area contributed by atoms with Gasteiger partial charge in [-0.15, -0.1) is 13.2 Å². The number of halogens is 3. The Morgan fingerprint density at radius 2 is 2.00 bits per heavy atom. The van der Waals surface area contributed by atoms with Gasteiger partial charge in [-0.25, -0.2) is 0 Å². The molecule has 0 spiro atoms. The van der Waals surface area contributed by atoms with E-state index in [2.05, 4.69) is 10.1 Å². The number of alkyl halides is 3. The molecule has 2 nitrogen and oxygen atoms in total. The van der Waals surface area contributed by atoms with E-state index in [1.807, 2.05) is 0 Å². The van der Waals surface area contributed by atoms with Crippen LogP contribution < -0.4 is 5.32 Å². The van der Waals surface area contributed by atoms with E-state index in [-0.39, 0.29) is 12.2 Å². The molecule has 1 N–H and O–H groups in total. The van der Waals surface area contributed by atoms with Crippen molar-refractivity contribution in [3.8, 4) is 0 Å². The Labute approximate surface area is 74.1 Å². The number of hydrogen-bond acceptors (Lipinski definition) is 2. The quantitative estimate of drug-likeness (QED) is 0.726. The van der Waals surface area contributed by atoms with Crippen LogP contribution in [-0.2, 0) is 4.74 Å². The number of ether oxygens (including phenoxy) is 1. The molecule has 0 fully saturated rings. The lowest BCUT2D eigenvalue weighted by atomic mass is 10.1. The van der Waals surface area contributed by atoms with Crippen molar-refractivity contribution in [1.82, 2.24) is 5.32 Å². The smallest absolute Gasteiger partial charge is 0.410 e. The summed E-state index contributed by atoms with van der Waals surface area (Å²) in [6, 6.07) is 0. The Balaban J connectivity index is 2.55. The Kier molecular flexibility index (Phi) is 2.85. The Bertz CT molecular complexity index is 242. The molecule has 5 heteroatoms. The molecule has 0 aromatic heterocycles. The molecule has 1 aliphatic carbocycles. The highest BCUT2D eigenvalue weighted by molar-refractivity contribution is 5.19. The predicted octanol–water partition coefficient (Wildman–Crippen LogP) is 2.30. The lowest BCUT2D eigenvalue weighted by Crippen LogP contribution is -2.15. The van der Waals surface area contributed by atoms with Crippen molar-refractivity contribution in [2.24, 2.45) is 0 Å². The second kappa shape index (κ2) is 3.72. The minimum absolute atomic E-state index is 0.0356. The van der Waals surface area contributed by atoms with Gasteiger partial charge in [0.2, 0.25) is 0 Å². The monoisotopic (exact) mass is 193 g/mol. The molecule has 0 saturated carbocycles. The van der Waals surface area contributed by atoms with E-state index in [1.165, 1.54) is 6.08 Å². The van der Waals surface area contributed by atoms with Crippen molar-refractivity contribution in [1.29, 1.82) is 0 Å². The van der Waals surface area contributed by atoms with E-state index < -0.39 is 6.36 Å². The van der Waals surface area contributed by atoms with Crippen LogP contribution >= 0.6 is 0 Å². The highest BCUT2D eigenvalue weighted by atomic mass is 19.4. The largest absolute Gasteiger partial charge is 0.572 e. The molecule has 0 radical (unpaired) electrons. The van der Waals surface area contributed by atoms with Gasteiger partial charge in [0.1, 0.15) is 5.76 Å². The van der Waals surface area contributed by atoms with Crippen molar-refractivity contribution in [2.45, 2.75) is 19.2 Å². The van der Waals surface area contributed by atoms with Crippen molar-refractivity contribution in [3.63, 3.8) is 0 Å². The summed E-state index contributed by atoms with van der Waals surface area (Å²) in [4.78, 5) is 0. The molecule has 0 aliphatic heterocycles. The van der Waals surface area contributed by atoms with Crippen LogP contribution in [0.1, 0.15) is 12.8 Å². The van der Waals surface area contributed by atoms with E-state index in [4.69, 9.17) is 0 Å². The van der Waals surface area contributed by atoms with Gasteiger partial charge < -0.3 is 10.1 Å². The fourth-order valence-corrected chi connectivity index (χ4v) is 1.06. The first-order valence-corrected chi connectivity index (χ1v) is 3.84. The highest BCUT2D eigenvalue weighted by Crippen LogP contribution is 2.26. The van der Waals surface area contributed by atoms with Crippen LogP contribution in [0.3, 0.4) is 0 Å². The highest BCUT2D eigenvalue weighted by Gasteiger charge is 2.32. The van der Waals surface area contributed by atoms with Crippen molar-refractivity contribution in [2.75, 3.05) is 7.05 Å². The second-order valence-electron chi connectivity index (χ2n) is 2.62. The van der Waals surface area contributed by atoms with E-state index in [9.17, 15) is 13.2 Å². The summed E-state index contributed by atoms with van der Waals surface area (Å²) in [6.45, 7) is 0. The molecule has 1 aliphatic rings. The van der Waals surface area contributed by atoms with Crippen LogP contribution in [0.4, 0.5) is 13.2 Å². The van der Waals surface area contributed by atoms with E-state index in [1.54, 1.807) is 13.1 Å². The maximum Gasteiger partial charge on any atom is 0.572 e.